The normalized spacial score (nSPS) is 14.4. The SMILES string of the molecule is CCCCCCCCCCCCOC1=CCOC1=O. The van der Waals surface area contributed by atoms with Gasteiger partial charge in [-0.2, -0.15) is 0 Å². The van der Waals surface area contributed by atoms with E-state index in [2.05, 4.69) is 6.92 Å². The lowest BCUT2D eigenvalue weighted by Crippen LogP contribution is -2.04. The molecule has 1 rings (SSSR count). The maximum atomic E-state index is 11.1. The number of hydrogen-bond acceptors (Lipinski definition) is 3. The van der Waals surface area contributed by atoms with E-state index in [4.69, 9.17) is 9.47 Å². The zero-order chi connectivity index (χ0) is 13.8. The topological polar surface area (TPSA) is 35.5 Å². The van der Waals surface area contributed by atoms with Gasteiger partial charge in [0.05, 0.1) is 6.61 Å². The molecular weight excluding hydrogens is 240 g/mol. The van der Waals surface area contributed by atoms with Crippen LogP contribution in [0.4, 0.5) is 0 Å². The molecule has 1 heterocycles. The largest absolute Gasteiger partial charge is 0.487 e. The van der Waals surface area contributed by atoms with Crippen molar-refractivity contribution in [2.75, 3.05) is 13.2 Å². The fraction of sp³-hybridized carbons (Fsp3) is 0.812. The first-order valence-electron chi connectivity index (χ1n) is 7.84. The highest BCUT2D eigenvalue weighted by atomic mass is 16.6. The Balaban J connectivity index is 1.78. The Morgan fingerprint density at radius 3 is 2.11 bits per heavy atom. The van der Waals surface area contributed by atoms with Crippen molar-refractivity contribution in [1.82, 2.24) is 0 Å². The minimum absolute atomic E-state index is 0.313. The van der Waals surface area contributed by atoms with E-state index in [1.807, 2.05) is 0 Å². The molecule has 0 N–H and O–H groups in total. The number of ether oxygens (including phenoxy) is 2. The van der Waals surface area contributed by atoms with Crippen LogP contribution in [0.5, 0.6) is 0 Å². The van der Waals surface area contributed by atoms with Crippen molar-refractivity contribution in [3.63, 3.8) is 0 Å². The summed E-state index contributed by atoms with van der Waals surface area (Å²) in [5.41, 5.74) is 0. The number of carbonyl (C=O) groups excluding carboxylic acids is 1. The molecule has 0 unspecified atom stereocenters. The molecule has 1 aliphatic rings. The number of esters is 1. The van der Waals surface area contributed by atoms with Crippen LogP contribution in [-0.2, 0) is 14.3 Å². The molecule has 0 saturated carbocycles. The summed E-state index contributed by atoms with van der Waals surface area (Å²) >= 11 is 0. The van der Waals surface area contributed by atoms with Gasteiger partial charge in [-0.25, -0.2) is 4.79 Å². The molecule has 0 amide bonds. The predicted molar refractivity (Wildman–Crippen MR) is 76.8 cm³/mol. The summed E-state index contributed by atoms with van der Waals surface area (Å²) in [6.45, 7) is 3.26. The van der Waals surface area contributed by atoms with Gasteiger partial charge in [-0.05, 0) is 6.42 Å². The van der Waals surface area contributed by atoms with Gasteiger partial charge in [-0.3, -0.25) is 0 Å². The molecule has 0 radical (unpaired) electrons. The van der Waals surface area contributed by atoms with Gasteiger partial charge < -0.3 is 9.47 Å². The van der Waals surface area contributed by atoms with Crippen molar-refractivity contribution in [2.45, 2.75) is 71.1 Å². The highest BCUT2D eigenvalue weighted by Gasteiger charge is 2.17. The van der Waals surface area contributed by atoms with Gasteiger partial charge in [0, 0.05) is 6.08 Å². The van der Waals surface area contributed by atoms with Crippen molar-refractivity contribution in [3.05, 3.63) is 11.8 Å². The monoisotopic (exact) mass is 268 g/mol. The van der Waals surface area contributed by atoms with Crippen LogP contribution in [0.1, 0.15) is 71.1 Å². The van der Waals surface area contributed by atoms with Crippen molar-refractivity contribution < 1.29 is 14.3 Å². The van der Waals surface area contributed by atoms with Crippen LogP contribution in [0.15, 0.2) is 11.8 Å². The second-order valence-corrected chi connectivity index (χ2v) is 5.20. The van der Waals surface area contributed by atoms with Crippen LogP contribution in [0.25, 0.3) is 0 Å². The van der Waals surface area contributed by atoms with Crippen molar-refractivity contribution in [3.8, 4) is 0 Å². The first-order valence-corrected chi connectivity index (χ1v) is 7.84. The fourth-order valence-electron chi connectivity index (χ4n) is 2.24. The summed E-state index contributed by atoms with van der Waals surface area (Å²) < 4.78 is 10.1. The molecule has 3 heteroatoms. The van der Waals surface area contributed by atoms with Crippen LogP contribution in [0, 0.1) is 0 Å². The van der Waals surface area contributed by atoms with Crippen molar-refractivity contribution >= 4 is 5.97 Å². The minimum atomic E-state index is -0.313. The summed E-state index contributed by atoms with van der Waals surface area (Å²) in [6, 6.07) is 0. The van der Waals surface area contributed by atoms with E-state index in [0.29, 0.717) is 19.0 Å². The third-order valence-corrected chi connectivity index (χ3v) is 3.44. The number of carbonyl (C=O) groups is 1. The summed E-state index contributed by atoms with van der Waals surface area (Å²) in [5.74, 6) is 0.0861. The van der Waals surface area contributed by atoms with Crippen LogP contribution in [0.2, 0.25) is 0 Å². The summed E-state index contributed by atoms with van der Waals surface area (Å²) in [5, 5.41) is 0. The Labute approximate surface area is 117 Å². The van der Waals surface area contributed by atoms with E-state index in [1.165, 1.54) is 57.8 Å². The first kappa shape index (κ1) is 16.1. The highest BCUT2D eigenvalue weighted by molar-refractivity contribution is 5.88. The summed E-state index contributed by atoms with van der Waals surface area (Å²) in [4.78, 5) is 11.1. The molecule has 0 saturated heterocycles. The molecule has 0 fully saturated rings. The maximum Gasteiger partial charge on any atom is 0.373 e. The number of rotatable bonds is 12. The molecule has 3 nitrogen and oxygen atoms in total. The molecule has 0 aromatic rings. The van der Waals surface area contributed by atoms with Gasteiger partial charge in [0.15, 0.2) is 0 Å². The smallest absolute Gasteiger partial charge is 0.373 e. The summed E-state index contributed by atoms with van der Waals surface area (Å²) in [6.07, 6.45) is 14.8. The molecule has 0 spiro atoms. The van der Waals surface area contributed by atoms with E-state index >= 15 is 0 Å². The second kappa shape index (κ2) is 10.9. The zero-order valence-electron chi connectivity index (χ0n) is 12.3. The third-order valence-electron chi connectivity index (χ3n) is 3.44. The molecule has 0 bridgehead atoms. The molecule has 0 aliphatic carbocycles. The number of unbranched alkanes of at least 4 members (excludes halogenated alkanes) is 9. The maximum absolute atomic E-state index is 11.1. The Morgan fingerprint density at radius 2 is 1.58 bits per heavy atom. The molecule has 110 valence electrons. The van der Waals surface area contributed by atoms with E-state index < -0.39 is 0 Å². The van der Waals surface area contributed by atoms with Gasteiger partial charge >= 0.3 is 5.97 Å². The van der Waals surface area contributed by atoms with Gasteiger partial charge in [-0.15, -0.1) is 0 Å². The lowest BCUT2D eigenvalue weighted by Gasteiger charge is -2.05. The van der Waals surface area contributed by atoms with Gasteiger partial charge in [0.25, 0.3) is 0 Å². The van der Waals surface area contributed by atoms with E-state index in [1.54, 1.807) is 6.08 Å². The van der Waals surface area contributed by atoms with Gasteiger partial charge in [0.1, 0.15) is 6.61 Å². The van der Waals surface area contributed by atoms with Crippen LogP contribution < -0.4 is 0 Å². The Hall–Kier alpha value is -0.990. The third kappa shape index (κ3) is 7.91. The lowest BCUT2D eigenvalue weighted by atomic mass is 10.1. The van der Waals surface area contributed by atoms with Crippen LogP contribution >= 0.6 is 0 Å². The molecule has 0 aromatic heterocycles. The van der Waals surface area contributed by atoms with Crippen molar-refractivity contribution in [2.24, 2.45) is 0 Å². The standard InChI is InChI=1S/C16H28O3/c1-2-3-4-5-6-7-8-9-10-11-13-18-15-12-14-19-16(15)17/h12H,2-11,13-14H2,1H3. The minimum Gasteiger partial charge on any atom is -0.487 e. The Bertz CT molecular complexity index is 271. The quantitative estimate of drug-likeness (QED) is 0.389. The van der Waals surface area contributed by atoms with Gasteiger partial charge in [-0.1, -0.05) is 64.7 Å². The van der Waals surface area contributed by atoms with Crippen molar-refractivity contribution in [1.29, 1.82) is 0 Å². The van der Waals surface area contributed by atoms with E-state index in [9.17, 15) is 4.79 Å². The molecule has 19 heavy (non-hydrogen) atoms. The Kier molecular flexibility index (Phi) is 9.21. The van der Waals surface area contributed by atoms with Crippen LogP contribution in [-0.4, -0.2) is 19.2 Å². The van der Waals surface area contributed by atoms with Gasteiger partial charge in [0.2, 0.25) is 5.76 Å². The molecule has 1 aliphatic heterocycles. The number of cyclic esters (lactones) is 1. The number of hydrogen-bond donors (Lipinski definition) is 0. The summed E-state index contributed by atoms with van der Waals surface area (Å²) in [7, 11) is 0. The predicted octanol–water partition coefficient (Wildman–Crippen LogP) is 4.36. The molecular formula is C16H28O3. The first-order chi connectivity index (χ1) is 9.34. The Morgan fingerprint density at radius 1 is 1.00 bits per heavy atom. The average Bonchev–Trinajstić information content (AvgIpc) is 2.82. The van der Waals surface area contributed by atoms with Crippen LogP contribution in [0.3, 0.4) is 0 Å². The molecule has 0 aromatic carbocycles. The second-order valence-electron chi connectivity index (χ2n) is 5.20. The highest BCUT2D eigenvalue weighted by Crippen LogP contribution is 2.12. The van der Waals surface area contributed by atoms with E-state index in [-0.39, 0.29) is 5.97 Å². The fourth-order valence-corrected chi connectivity index (χ4v) is 2.24. The lowest BCUT2D eigenvalue weighted by molar-refractivity contribution is -0.139. The zero-order valence-corrected chi connectivity index (χ0v) is 12.3. The molecule has 0 atom stereocenters. The van der Waals surface area contributed by atoms with E-state index in [0.717, 1.165) is 6.42 Å². The average molecular weight is 268 g/mol.